The lowest BCUT2D eigenvalue weighted by molar-refractivity contribution is 0.105. The second-order valence-corrected chi connectivity index (χ2v) is 5.71. The molecule has 0 saturated heterocycles. The van der Waals surface area contributed by atoms with Gasteiger partial charge in [0.25, 0.3) is 0 Å². The van der Waals surface area contributed by atoms with Gasteiger partial charge in [-0.15, -0.1) is 24.0 Å². The molecule has 0 unspecified atom stereocenters. The van der Waals surface area contributed by atoms with Crippen molar-refractivity contribution in [3.63, 3.8) is 0 Å². The first-order valence-electron chi connectivity index (χ1n) is 8.19. The molecule has 25 heavy (non-hydrogen) atoms. The van der Waals surface area contributed by atoms with Crippen molar-refractivity contribution >= 4 is 29.9 Å². The molecule has 0 atom stereocenters. The Bertz CT molecular complexity index is 611. The molecule has 2 rings (SSSR count). The van der Waals surface area contributed by atoms with Crippen LogP contribution in [0, 0.1) is 0 Å². The van der Waals surface area contributed by atoms with Gasteiger partial charge in [0.05, 0.1) is 18.5 Å². The van der Waals surface area contributed by atoms with Crippen molar-refractivity contribution in [1.29, 1.82) is 0 Å². The zero-order valence-electron chi connectivity index (χ0n) is 14.9. The summed E-state index contributed by atoms with van der Waals surface area (Å²) in [7, 11) is 1.74. The molecule has 0 amide bonds. The number of ether oxygens (including phenoxy) is 1. The largest absolute Gasteiger partial charge is 0.467 e. The molecule has 2 N–H and O–H groups in total. The minimum Gasteiger partial charge on any atom is -0.467 e. The quantitative estimate of drug-likeness (QED) is 0.258. The van der Waals surface area contributed by atoms with E-state index < -0.39 is 0 Å². The van der Waals surface area contributed by atoms with Crippen LogP contribution in [0.25, 0.3) is 0 Å². The fourth-order valence-corrected chi connectivity index (χ4v) is 2.02. The molecule has 0 aliphatic heterocycles. The van der Waals surface area contributed by atoms with E-state index in [4.69, 9.17) is 13.7 Å². The third kappa shape index (κ3) is 7.91. The van der Waals surface area contributed by atoms with Crippen molar-refractivity contribution in [2.75, 3.05) is 20.2 Å². The highest BCUT2D eigenvalue weighted by atomic mass is 127. The molecule has 8 heteroatoms. The minimum atomic E-state index is 0. The van der Waals surface area contributed by atoms with Crippen LogP contribution < -0.4 is 10.6 Å². The Hall–Kier alpha value is -1.55. The summed E-state index contributed by atoms with van der Waals surface area (Å²) in [6.45, 7) is 6.65. The smallest absolute Gasteiger partial charge is 0.191 e. The van der Waals surface area contributed by atoms with Crippen LogP contribution in [-0.2, 0) is 17.9 Å². The lowest BCUT2D eigenvalue weighted by atomic mass is 10.1. The molecule has 2 aromatic rings. The Kier molecular flexibility index (Phi) is 10.2. The van der Waals surface area contributed by atoms with Crippen molar-refractivity contribution in [2.24, 2.45) is 4.99 Å². The Morgan fingerprint density at radius 2 is 2.16 bits per heavy atom. The highest BCUT2D eigenvalue weighted by molar-refractivity contribution is 14.0. The lowest BCUT2D eigenvalue weighted by Gasteiger charge is -2.10. The normalized spacial score (nSPS) is 11.4. The van der Waals surface area contributed by atoms with Gasteiger partial charge in [0.2, 0.25) is 0 Å². The first-order chi connectivity index (χ1) is 11.7. The molecule has 0 aromatic carbocycles. The molecule has 0 aliphatic rings. The van der Waals surface area contributed by atoms with Crippen LogP contribution in [0.1, 0.15) is 43.4 Å². The first-order valence-corrected chi connectivity index (χ1v) is 8.19. The molecule has 0 saturated carbocycles. The zero-order valence-corrected chi connectivity index (χ0v) is 17.3. The number of aromatic nitrogens is 1. The maximum atomic E-state index is 5.53. The monoisotopic (exact) mass is 462 g/mol. The van der Waals surface area contributed by atoms with Crippen LogP contribution in [0.5, 0.6) is 0 Å². The molecular weight excluding hydrogens is 435 g/mol. The van der Waals surface area contributed by atoms with Gasteiger partial charge in [0, 0.05) is 26.3 Å². The van der Waals surface area contributed by atoms with Crippen molar-refractivity contribution < 1.29 is 13.7 Å². The lowest BCUT2D eigenvalue weighted by Crippen LogP contribution is -2.37. The first kappa shape index (κ1) is 21.5. The van der Waals surface area contributed by atoms with Crippen LogP contribution in [0.4, 0.5) is 0 Å². The minimum absolute atomic E-state index is 0. The van der Waals surface area contributed by atoms with Gasteiger partial charge in [-0.25, -0.2) is 0 Å². The summed E-state index contributed by atoms with van der Waals surface area (Å²) in [5.41, 5.74) is 0.962. The van der Waals surface area contributed by atoms with E-state index in [1.165, 1.54) is 0 Å². The number of furan rings is 1. The molecule has 0 spiro atoms. The van der Waals surface area contributed by atoms with Gasteiger partial charge in [0.1, 0.15) is 12.4 Å². The van der Waals surface area contributed by atoms with E-state index in [1.807, 2.05) is 18.2 Å². The summed E-state index contributed by atoms with van der Waals surface area (Å²) in [5.74, 6) is 2.72. The highest BCUT2D eigenvalue weighted by Crippen LogP contribution is 2.13. The summed E-state index contributed by atoms with van der Waals surface area (Å²) in [6, 6.07) is 5.72. The van der Waals surface area contributed by atoms with Crippen molar-refractivity contribution in [3.05, 3.63) is 41.7 Å². The third-order valence-electron chi connectivity index (χ3n) is 3.40. The summed E-state index contributed by atoms with van der Waals surface area (Å²) in [4.78, 5) is 4.18. The Morgan fingerprint density at radius 1 is 1.32 bits per heavy atom. The van der Waals surface area contributed by atoms with E-state index in [2.05, 4.69) is 34.6 Å². The van der Waals surface area contributed by atoms with E-state index in [9.17, 15) is 0 Å². The number of nitrogens with zero attached hydrogens (tertiary/aromatic N) is 2. The number of aliphatic imine (C=N–C) groups is 1. The van der Waals surface area contributed by atoms with E-state index in [-0.39, 0.29) is 24.0 Å². The van der Waals surface area contributed by atoms with Gasteiger partial charge in [-0.05, 0) is 24.5 Å². The molecule has 0 fully saturated rings. The summed E-state index contributed by atoms with van der Waals surface area (Å²) >= 11 is 0. The Labute approximate surface area is 165 Å². The number of halogens is 1. The van der Waals surface area contributed by atoms with E-state index in [0.717, 1.165) is 36.1 Å². The summed E-state index contributed by atoms with van der Waals surface area (Å²) in [5, 5.41) is 10.5. The second kappa shape index (κ2) is 11.9. The molecule has 2 heterocycles. The topological polar surface area (TPSA) is 84.8 Å². The fourth-order valence-electron chi connectivity index (χ4n) is 2.02. The van der Waals surface area contributed by atoms with Gasteiger partial charge in [-0.1, -0.05) is 19.0 Å². The molecular formula is C17H27IN4O3. The number of hydrogen-bond acceptors (Lipinski definition) is 5. The predicted octanol–water partition coefficient (Wildman–Crippen LogP) is 3.28. The molecule has 0 bridgehead atoms. The van der Waals surface area contributed by atoms with Gasteiger partial charge >= 0.3 is 0 Å². The predicted molar refractivity (Wildman–Crippen MR) is 107 cm³/mol. The molecule has 7 nitrogen and oxygen atoms in total. The van der Waals surface area contributed by atoms with Gasteiger partial charge in [0.15, 0.2) is 11.7 Å². The van der Waals surface area contributed by atoms with E-state index >= 15 is 0 Å². The highest BCUT2D eigenvalue weighted by Gasteiger charge is 2.08. The SMILES string of the molecule is CN=C(NCCCOCc1ccco1)NCc1cc(C(C)C)no1.I. The zero-order chi connectivity index (χ0) is 17.2. The molecule has 0 aliphatic carbocycles. The maximum absolute atomic E-state index is 5.53. The molecule has 2 aromatic heterocycles. The third-order valence-corrected chi connectivity index (χ3v) is 3.40. The Morgan fingerprint density at radius 3 is 2.80 bits per heavy atom. The van der Waals surface area contributed by atoms with Crippen molar-refractivity contribution in [3.8, 4) is 0 Å². The van der Waals surface area contributed by atoms with Crippen LogP contribution in [0.3, 0.4) is 0 Å². The molecule has 0 radical (unpaired) electrons. The Balaban J connectivity index is 0.00000312. The van der Waals surface area contributed by atoms with Crippen LogP contribution in [0.2, 0.25) is 0 Å². The van der Waals surface area contributed by atoms with Gasteiger partial charge < -0.3 is 24.3 Å². The second-order valence-electron chi connectivity index (χ2n) is 5.71. The fraction of sp³-hybridized carbons (Fsp3) is 0.529. The van der Waals surface area contributed by atoms with Crippen molar-refractivity contribution in [1.82, 2.24) is 15.8 Å². The number of guanidine groups is 1. The number of hydrogen-bond donors (Lipinski definition) is 2. The number of rotatable bonds is 9. The van der Waals surface area contributed by atoms with Crippen LogP contribution in [0.15, 0.2) is 38.4 Å². The van der Waals surface area contributed by atoms with E-state index in [0.29, 0.717) is 25.7 Å². The van der Waals surface area contributed by atoms with E-state index in [1.54, 1.807) is 13.3 Å². The van der Waals surface area contributed by atoms with Gasteiger partial charge in [-0.2, -0.15) is 0 Å². The van der Waals surface area contributed by atoms with Gasteiger partial charge in [-0.3, -0.25) is 4.99 Å². The van der Waals surface area contributed by atoms with Crippen LogP contribution in [-0.4, -0.2) is 31.3 Å². The summed E-state index contributed by atoms with van der Waals surface area (Å²) < 4.78 is 16.0. The molecule has 140 valence electrons. The van der Waals surface area contributed by atoms with Crippen LogP contribution >= 0.6 is 24.0 Å². The average Bonchev–Trinajstić information content (AvgIpc) is 3.25. The standard InChI is InChI=1S/C17H26N4O3.HI/c1-13(2)16-10-15(24-21-16)11-20-17(18-3)19-7-5-8-22-12-14-6-4-9-23-14;/h4,6,9-10,13H,5,7-8,11-12H2,1-3H3,(H2,18,19,20);1H. The maximum Gasteiger partial charge on any atom is 0.191 e. The summed E-state index contributed by atoms with van der Waals surface area (Å²) in [6.07, 6.45) is 2.52. The average molecular weight is 462 g/mol. The number of nitrogens with one attached hydrogen (secondary N) is 2. The van der Waals surface area contributed by atoms with Crippen molar-refractivity contribution in [2.45, 2.75) is 39.3 Å².